The summed E-state index contributed by atoms with van der Waals surface area (Å²) in [7, 11) is -3.86. The molecule has 3 aromatic heterocycles. The normalized spacial score (nSPS) is 15.2. The quantitative estimate of drug-likeness (QED) is 0.245. The van der Waals surface area contributed by atoms with Gasteiger partial charge in [0.1, 0.15) is 4.90 Å². The number of hydrogen-bond acceptors (Lipinski definition) is 6. The van der Waals surface area contributed by atoms with Crippen molar-refractivity contribution in [1.82, 2.24) is 4.31 Å². The van der Waals surface area contributed by atoms with Crippen LogP contribution in [0.15, 0.2) is 36.7 Å². The average Bonchev–Trinajstić information content (AvgIpc) is 3.44. The molecule has 3 aromatic rings. The lowest BCUT2D eigenvalue weighted by atomic mass is 10.1. The Hall–Kier alpha value is -0.520. The highest BCUT2D eigenvalue weighted by atomic mass is 79.9. The van der Waals surface area contributed by atoms with E-state index in [1.54, 1.807) is 0 Å². The first-order valence-electron chi connectivity index (χ1n) is 9.60. The van der Waals surface area contributed by atoms with Crippen molar-refractivity contribution in [3.63, 3.8) is 0 Å². The second-order valence-electron chi connectivity index (χ2n) is 6.97. The predicted molar refractivity (Wildman–Crippen MR) is 133 cm³/mol. The van der Waals surface area contributed by atoms with Crippen LogP contribution >= 0.6 is 65.9 Å². The van der Waals surface area contributed by atoms with E-state index in [9.17, 15) is 13.2 Å². The van der Waals surface area contributed by atoms with Crippen LogP contribution in [0, 0.1) is 0 Å². The molecule has 4 heterocycles. The van der Waals surface area contributed by atoms with E-state index in [4.69, 9.17) is 0 Å². The smallest absolute Gasteiger partial charge is 0.268 e. The van der Waals surface area contributed by atoms with Crippen molar-refractivity contribution in [3.05, 3.63) is 37.4 Å². The van der Waals surface area contributed by atoms with Gasteiger partial charge in [-0.05, 0) is 62.5 Å². The van der Waals surface area contributed by atoms with Crippen molar-refractivity contribution in [2.45, 2.75) is 43.9 Å². The molecule has 1 amide bonds. The predicted octanol–water partition coefficient (Wildman–Crippen LogP) is 7.85. The van der Waals surface area contributed by atoms with E-state index in [0.29, 0.717) is 16.9 Å². The zero-order chi connectivity index (χ0) is 21.5. The van der Waals surface area contributed by atoms with Crippen molar-refractivity contribution in [2.75, 3.05) is 6.54 Å². The highest BCUT2D eigenvalue weighted by molar-refractivity contribution is 9.11. The van der Waals surface area contributed by atoms with E-state index in [1.807, 2.05) is 24.3 Å². The fraction of sp³-hybridized carbons (Fsp3) is 0.350. The number of nitrogens with zero attached hydrogens (tertiary/aromatic N) is 1. The Morgan fingerprint density at radius 1 is 0.867 bits per heavy atom. The lowest BCUT2D eigenvalue weighted by Crippen LogP contribution is -2.31. The second-order valence-corrected chi connectivity index (χ2v) is 14.7. The lowest BCUT2D eigenvalue weighted by molar-refractivity contribution is 0.0870. The Bertz CT molecular complexity index is 1190. The topological polar surface area (TPSA) is 54.5 Å². The van der Waals surface area contributed by atoms with Crippen LogP contribution in [0.4, 0.5) is 0 Å². The molecule has 0 fully saturated rings. The van der Waals surface area contributed by atoms with Crippen LogP contribution in [0.3, 0.4) is 0 Å². The van der Waals surface area contributed by atoms with E-state index in [2.05, 4.69) is 38.8 Å². The van der Waals surface area contributed by atoms with Gasteiger partial charge in [0.25, 0.3) is 15.9 Å². The number of sulfonamides is 1. The first-order valence-corrected chi connectivity index (χ1v) is 15.1. The van der Waals surface area contributed by atoms with Gasteiger partial charge in [0.05, 0.1) is 22.9 Å². The molecule has 0 saturated carbocycles. The largest absolute Gasteiger partial charge is 0.270 e. The van der Waals surface area contributed by atoms with E-state index in [-0.39, 0.29) is 11.4 Å². The van der Waals surface area contributed by atoms with Crippen LogP contribution in [0.1, 0.15) is 49.4 Å². The molecular weight excluding hydrogens is 590 g/mol. The van der Waals surface area contributed by atoms with Gasteiger partial charge in [0, 0.05) is 16.3 Å². The highest BCUT2D eigenvalue weighted by Crippen LogP contribution is 2.52. The molecule has 4 rings (SSSR count). The molecule has 4 nitrogen and oxygen atoms in total. The Morgan fingerprint density at radius 2 is 1.47 bits per heavy atom. The van der Waals surface area contributed by atoms with Crippen molar-refractivity contribution >= 4 is 81.8 Å². The van der Waals surface area contributed by atoms with Gasteiger partial charge >= 0.3 is 0 Å². The molecule has 1 aliphatic rings. The van der Waals surface area contributed by atoms with Gasteiger partial charge in [-0.15, -0.1) is 34.0 Å². The number of amides is 1. The molecule has 0 saturated heterocycles. The molecule has 30 heavy (non-hydrogen) atoms. The van der Waals surface area contributed by atoms with Gasteiger partial charge in [-0.3, -0.25) is 4.79 Å². The monoisotopic (exact) mass is 607 g/mol. The summed E-state index contributed by atoms with van der Waals surface area (Å²) in [5.74, 6) is -0.391. The fourth-order valence-electron chi connectivity index (χ4n) is 3.49. The molecule has 0 N–H and O–H groups in total. The number of fused-ring (bicyclic) bond motifs is 1. The summed E-state index contributed by atoms with van der Waals surface area (Å²) in [4.78, 5) is 16.7. The summed E-state index contributed by atoms with van der Waals surface area (Å²) in [5, 5.41) is 0. The third-order valence-electron chi connectivity index (χ3n) is 4.91. The summed E-state index contributed by atoms with van der Waals surface area (Å²) in [5.41, 5.74) is 0.336. The van der Waals surface area contributed by atoms with Crippen LogP contribution < -0.4 is 0 Å². The standard InChI is InChI=1S/C20H19Br2NO3S4/c1-2-3-4-5-6-11-23-20(24)16-17(12-7-9-14(21)27-12)29-18(19(16)30(23,25)26)13-8-10-15(22)28-13/h7-10H,2-6,11H2,1H3. The summed E-state index contributed by atoms with van der Waals surface area (Å²) in [6.45, 7) is 2.38. The number of hydrogen-bond donors (Lipinski definition) is 0. The summed E-state index contributed by atoms with van der Waals surface area (Å²) >= 11 is 11.3. The summed E-state index contributed by atoms with van der Waals surface area (Å²) in [6, 6.07) is 7.67. The lowest BCUT2D eigenvalue weighted by Gasteiger charge is -2.16. The highest BCUT2D eigenvalue weighted by Gasteiger charge is 2.47. The first kappa shape index (κ1) is 22.7. The molecule has 10 heteroatoms. The van der Waals surface area contributed by atoms with Gasteiger partial charge in [-0.1, -0.05) is 32.6 Å². The average molecular weight is 609 g/mol. The fourth-order valence-corrected chi connectivity index (χ4v) is 9.94. The Balaban J connectivity index is 1.78. The zero-order valence-electron chi connectivity index (χ0n) is 16.1. The van der Waals surface area contributed by atoms with Gasteiger partial charge in [0.2, 0.25) is 0 Å². The molecule has 0 unspecified atom stereocenters. The van der Waals surface area contributed by atoms with E-state index >= 15 is 0 Å². The molecule has 1 aliphatic heterocycles. The van der Waals surface area contributed by atoms with E-state index in [0.717, 1.165) is 52.2 Å². The van der Waals surface area contributed by atoms with Gasteiger partial charge in [0.15, 0.2) is 0 Å². The molecular formula is C20H19Br2NO3S4. The summed E-state index contributed by atoms with van der Waals surface area (Å²) in [6.07, 6.45) is 4.93. The molecule has 0 atom stereocenters. The SMILES string of the molecule is CCCCCCCN1C(=O)c2c(-c3ccc(Br)s3)sc(-c3ccc(Br)s3)c2S1(=O)=O. The van der Waals surface area contributed by atoms with Crippen LogP contribution in [-0.4, -0.2) is 25.2 Å². The van der Waals surface area contributed by atoms with Crippen LogP contribution in [0.5, 0.6) is 0 Å². The molecule has 0 bridgehead atoms. The molecule has 0 aliphatic carbocycles. The van der Waals surface area contributed by atoms with Gasteiger partial charge < -0.3 is 0 Å². The number of thiophene rings is 3. The van der Waals surface area contributed by atoms with Gasteiger partial charge in [-0.2, -0.15) is 0 Å². The van der Waals surface area contributed by atoms with Crippen LogP contribution in [0.25, 0.3) is 19.5 Å². The summed E-state index contributed by atoms with van der Waals surface area (Å²) < 4.78 is 29.9. The number of unbranched alkanes of at least 4 members (excludes halogenated alkanes) is 4. The van der Waals surface area contributed by atoms with E-state index < -0.39 is 15.9 Å². The number of halogens is 2. The number of carbonyl (C=O) groups is 1. The Morgan fingerprint density at radius 3 is 2.03 bits per heavy atom. The molecule has 0 spiro atoms. The molecule has 0 radical (unpaired) electrons. The number of carbonyl (C=O) groups excluding carboxylic acids is 1. The van der Waals surface area contributed by atoms with Crippen molar-refractivity contribution < 1.29 is 13.2 Å². The Kier molecular flexibility index (Phi) is 6.91. The minimum atomic E-state index is -3.86. The van der Waals surface area contributed by atoms with Crippen molar-refractivity contribution in [2.24, 2.45) is 0 Å². The molecule has 160 valence electrons. The minimum Gasteiger partial charge on any atom is -0.268 e. The third-order valence-corrected chi connectivity index (χ3v) is 11.7. The van der Waals surface area contributed by atoms with Crippen molar-refractivity contribution in [3.8, 4) is 19.5 Å². The maximum Gasteiger partial charge on any atom is 0.270 e. The number of rotatable bonds is 8. The maximum atomic E-state index is 13.5. The van der Waals surface area contributed by atoms with Crippen LogP contribution in [0.2, 0.25) is 0 Å². The van der Waals surface area contributed by atoms with Crippen LogP contribution in [-0.2, 0) is 10.0 Å². The second kappa shape index (κ2) is 9.15. The minimum absolute atomic E-state index is 0.180. The zero-order valence-corrected chi connectivity index (χ0v) is 22.6. The van der Waals surface area contributed by atoms with E-state index in [1.165, 1.54) is 34.0 Å². The Labute approximate surface area is 205 Å². The van der Waals surface area contributed by atoms with Crippen molar-refractivity contribution in [1.29, 1.82) is 0 Å². The molecule has 0 aromatic carbocycles. The van der Waals surface area contributed by atoms with Gasteiger partial charge in [-0.25, -0.2) is 12.7 Å². The third kappa shape index (κ3) is 4.11. The first-order chi connectivity index (χ1) is 14.3. The maximum absolute atomic E-state index is 13.5.